The van der Waals surface area contributed by atoms with Crippen LogP contribution in [0.25, 0.3) is 0 Å². The van der Waals surface area contributed by atoms with Gasteiger partial charge in [-0.2, -0.15) is 10.5 Å². The summed E-state index contributed by atoms with van der Waals surface area (Å²) >= 11 is 0. The van der Waals surface area contributed by atoms with E-state index < -0.39 is 0 Å². The van der Waals surface area contributed by atoms with Crippen LogP contribution >= 0.6 is 0 Å². The summed E-state index contributed by atoms with van der Waals surface area (Å²) in [6.07, 6.45) is -0.113. The number of hydrogen-bond acceptors (Lipinski definition) is 3. The molecule has 1 saturated heterocycles. The van der Waals surface area contributed by atoms with E-state index in [-0.39, 0.29) is 18.4 Å². The van der Waals surface area contributed by atoms with Gasteiger partial charge in [-0.25, -0.2) is 0 Å². The molecular formula is C6H5N3O. The molecule has 1 rings (SSSR count). The van der Waals surface area contributed by atoms with Crippen LogP contribution in [0.1, 0.15) is 6.42 Å². The van der Waals surface area contributed by atoms with Crippen molar-refractivity contribution in [2.24, 2.45) is 0 Å². The predicted octanol–water partition coefficient (Wildman–Crippen LogP) is -0.366. The van der Waals surface area contributed by atoms with Gasteiger partial charge in [0, 0.05) is 0 Å². The fourth-order valence-electron chi connectivity index (χ4n) is 0.694. The summed E-state index contributed by atoms with van der Waals surface area (Å²) in [6, 6.07) is 3.39. The van der Waals surface area contributed by atoms with Gasteiger partial charge in [0.2, 0.25) is 5.91 Å². The fourth-order valence-corrected chi connectivity index (χ4v) is 0.694. The third-order valence-corrected chi connectivity index (χ3v) is 1.31. The first-order valence-electron chi connectivity index (χ1n) is 2.85. The van der Waals surface area contributed by atoms with Crippen molar-refractivity contribution in [3.8, 4) is 12.1 Å². The lowest BCUT2D eigenvalue weighted by molar-refractivity contribution is -0.124. The summed E-state index contributed by atoms with van der Waals surface area (Å²) in [7, 11) is 0. The molecule has 0 aromatic carbocycles. The average molecular weight is 135 g/mol. The van der Waals surface area contributed by atoms with Crippen LogP contribution in [0.15, 0.2) is 0 Å². The van der Waals surface area contributed by atoms with Gasteiger partial charge in [0.25, 0.3) is 0 Å². The Morgan fingerprint density at radius 2 is 2.40 bits per heavy atom. The summed E-state index contributed by atoms with van der Waals surface area (Å²) in [5, 5.41) is 16.4. The van der Waals surface area contributed by atoms with Gasteiger partial charge in [0.15, 0.2) is 0 Å². The van der Waals surface area contributed by atoms with Crippen LogP contribution in [0.5, 0.6) is 0 Å². The van der Waals surface area contributed by atoms with Crippen LogP contribution in [0, 0.1) is 22.7 Å². The smallest absolute Gasteiger partial charge is 0.238 e. The Morgan fingerprint density at radius 1 is 1.70 bits per heavy atom. The van der Waals surface area contributed by atoms with E-state index in [0.717, 1.165) is 0 Å². The Labute approximate surface area is 58.3 Å². The van der Waals surface area contributed by atoms with Gasteiger partial charge in [-0.05, 0) is 0 Å². The average Bonchev–Trinajstić information content (AvgIpc) is 2.66. The molecule has 1 fully saturated rings. The molecule has 0 aliphatic carbocycles. The Kier molecular flexibility index (Phi) is 1.55. The quantitative estimate of drug-likeness (QED) is 0.461. The molecule has 1 aliphatic rings. The van der Waals surface area contributed by atoms with Gasteiger partial charge in [0.05, 0.1) is 18.7 Å². The van der Waals surface area contributed by atoms with E-state index in [0.29, 0.717) is 6.54 Å². The van der Waals surface area contributed by atoms with E-state index >= 15 is 0 Å². The highest BCUT2D eigenvalue weighted by Gasteiger charge is 2.37. The number of rotatable bonds is 1. The molecule has 0 aromatic rings. The molecule has 0 aromatic heterocycles. The molecule has 0 saturated carbocycles. The number of amides is 1. The molecule has 4 nitrogen and oxygen atoms in total. The van der Waals surface area contributed by atoms with Crippen molar-refractivity contribution in [3.63, 3.8) is 0 Å². The highest BCUT2D eigenvalue weighted by Crippen LogP contribution is 2.16. The molecular weight excluding hydrogens is 130 g/mol. The lowest BCUT2D eigenvalue weighted by Crippen LogP contribution is -2.11. The molecule has 50 valence electrons. The Morgan fingerprint density at radius 3 is 2.80 bits per heavy atom. The molecule has 1 atom stereocenters. The maximum Gasteiger partial charge on any atom is 0.238 e. The summed E-state index contributed by atoms with van der Waals surface area (Å²) in [4.78, 5) is 12.1. The van der Waals surface area contributed by atoms with E-state index in [1.165, 1.54) is 4.90 Å². The highest BCUT2D eigenvalue weighted by molar-refractivity contribution is 5.81. The van der Waals surface area contributed by atoms with Crippen molar-refractivity contribution in [1.82, 2.24) is 4.90 Å². The summed E-state index contributed by atoms with van der Waals surface area (Å²) in [6.45, 7) is 0.497. The topological polar surface area (TPSA) is 67.7 Å². The first kappa shape index (κ1) is 6.57. The maximum absolute atomic E-state index is 10.7. The lowest BCUT2D eigenvalue weighted by atomic mass is 10.4. The van der Waals surface area contributed by atoms with Gasteiger partial charge in [-0.3, -0.25) is 4.79 Å². The Bertz CT molecular complexity index is 234. The van der Waals surface area contributed by atoms with Gasteiger partial charge < -0.3 is 4.90 Å². The summed E-state index contributed by atoms with van der Waals surface area (Å²) < 4.78 is 0. The van der Waals surface area contributed by atoms with Crippen LogP contribution in [0.2, 0.25) is 0 Å². The second-order valence-electron chi connectivity index (χ2n) is 2.03. The third-order valence-electron chi connectivity index (χ3n) is 1.31. The Balaban J connectivity index is 2.36. The summed E-state index contributed by atoms with van der Waals surface area (Å²) in [5.41, 5.74) is 0. The van der Waals surface area contributed by atoms with Gasteiger partial charge in [-0.1, -0.05) is 0 Å². The molecule has 1 unspecified atom stereocenters. The van der Waals surface area contributed by atoms with E-state index in [1.807, 2.05) is 6.07 Å². The largest absolute Gasteiger partial charge is 0.321 e. The maximum atomic E-state index is 10.7. The molecule has 0 radical (unpaired) electrons. The van der Waals surface area contributed by atoms with E-state index in [4.69, 9.17) is 10.5 Å². The molecule has 10 heavy (non-hydrogen) atoms. The van der Waals surface area contributed by atoms with Gasteiger partial charge in [-0.15, -0.1) is 0 Å². The molecule has 4 heteroatoms. The normalized spacial score (nSPS) is 21.0. The number of carbonyl (C=O) groups excluding carboxylic acids is 1. The zero-order valence-electron chi connectivity index (χ0n) is 5.24. The first-order valence-corrected chi connectivity index (χ1v) is 2.85. The molecule has 0 N–H and O–H groups in total. The van der Waals surface area contributed by atoms with E-state index in [2.05, 4.69) is 0 Å². The van der Waals surface area contributed by atoms with Crippen molar-refractivity contribution in [2.45, 2.75) is 12.5 Å². The zero-order chi connectivity index (χ0) is 7.56. The zero-order valence-corrected chi connectivity index (χ0v) is 5.24. The summed E-state index contributed by atoms with van der Waals surface area (Å²) in [5.74, 6) is -0.242. The second-order valence-corrected chi connectivity index (χ2v) is 2.03. The van der Waals surface area contributed by atoms with Crippen LogP contribution in [0.3, 0.4) is 0 Å². The molecule has 1 amide bonds. The molecule has 1 aliphatic heterocycles. The van der Waals surface area contributed by atoms with Gasteiger partial charge in [0.1, 0.15) is 12.5 Å². The van der Waals surface area contributed by atoms with Crippen LogP contribution in [-0.4, -0.2) is 23.4 Å². The number of hydrogen-bond donors (Lipinski definition) is 0. The minimum atomic E-state index is -0.263. The SMILES string of the molecule is N#CCC(=O)N1CC1C#N. The van der Waals surface area contributed by atoms with Crippen LogP contribution < -0.4 is 0 Å². The van der Waals surface area contributed by atoms with E-state index in [1.54, 1.807) is 6.07 Å². The molecule has 1 heterocycles. The monoisotopic (exact) mass is 135 g/mol. The molecule has 0 bridgehead atoms. The lowest BCUT2D eigenvalue weighted by Gasteiger charge is -1.92. The number of nitrogens with zero attached hydrogens (tertiary/aromatic N) is 3. The fraction of sp³-hybridized carbons (Fsp3) is 0.500. The molecule has 0 spiro atoms. The van der Waals surface area contributed by atoms with Gasteiger partial charge >= 0.3 is 0 Å². The standard InChI is InChI=1S/C6H5N3O/c7-2-1-6(10)9-4-5(9)3-8/h5H,1,4H2. The van der Waals surface area contributed by atoms with Crippen molar-refractivity contribution in [3.05, 3.63) is 0 Å². The van der Waals surface area contributed by atoms with E-state index in [9.17, 15) is 4.79 Å². The van der Waals surface area contributed by atoms with Crippen LogP contribution in [-0.2, 0) is 4.79 Å². The van der Waals surface area contributed by atoms with Crippen molar-refractivity contribution < 1.29 is 4.79 Å². The number of carbonyl (C=O) groups is 1. The first-order chi connectivity index (χ1) is 4.79. The van der Waals surface area contributed by atoms with Crippen molar-refractivity contribution in [1.29, 1.82) is 10.5 Å². The Hall–Kier alpha value is -1.55. The second kappa shape index (κ2) is 2.36. The highest BCUT2D eigenvalue weighted by atomic mass is 16.2. The third kappa shape index (κ3) is 1.06. The minimum absolute atomic E-state index is 0.113. The van der Waals surface area contributed by atoms with Crippen molar-refractivity contribution in [2.75, 3.05) is 6.54 Å². The number of nitriles is 2. The van der Waals surface area contributed by atoms with Crippen molar-refractivity contribution >= 4 is 5.91 Å². The van der Waals surface area contributed by atoms with Crippen LogP contribution in [0.4, 0.5) is 0 Å². The predicted molar refractivity (Wildman–Crippen MR) is 31.3 cm³/mol. The minimum Gasteiger partial charge on any atom is -0.321 e.